The molecule has 4 heteroatoms. The molecule has 1 atom stereocenters. The molecule has 0 aromatic rings. The van der Waals surface area contributed by atoms with Gasteiger partial charge < -0.3 is 15.0 Å². The van der Waals surface area contributed by atoms with Crippen LogP contribution in [0.5, 0.6) is 0 Å². The molecule has 16 heavy (non-hydrogen) atoms. The van der Waals surface area contributed by atoms with Crippen molar-refractivity contribution in [2.45, 2.75) is 51.2 Å². The van der Waals surface area contributed by atoms with Gasteiger partial charge in [0.25, 0.3) is 0 Å². The first-order valence-electron chi connectivity index (χ1n) is 6.08. The fraction of sp³-hybridized carbons (Fsp3) is 0.917. The summed E-state index contributed by atoms with van der Waals surface area (Å²) < 4.78 is 4.80. The molecular formula is C12H24N2O2. The second-order valence-electron chi connectivity index (χ2n) is 4.90. The summed E-state index contributed by atoms with van der Waals surface area (Å²) in [7, 11) is 3.57. The predicted molar refractivity (Wildman–Crippen MR) is 64.3 cm³/mol. The van der Waals surface area contributed by atoms with E-state index in [2.05, 4.69) is 17.3 Å². The monoisotopic (exact) mass is 228 g/mol. The Morgan fingerprint density at radius 1 is 1.50 bits per heavy atom. The number of esters is 1. The molecular weight excluding hydrogens is 204 g/mol. The van der Waals surface area contributed by atoms with Gasteiger partial charge in [-0.05, 0) is 26.3 Å². The third-order valence-corrected chi connectivity index (χ3v) is 2.96. The van der Waals surface area contributed by atoms with Gasteiger partial charge in [-0.2, -0.15) is 0 Å². The fourth-order valence-electron chi connectivity index (χ4n) is 1.84. The van der Waals surface area contributed by atoms with Crippen molar-refractivity contribution in [1.82, 2.24) is 10.2 Å². The van der Waals surface area contributed by atoms with Crippen molar-refractivity contribution in [1.29, 1.82) is 0 Å². The lowest BCUT2D eigenvalue weighted by Crippen LogP contribution is -2.43. The van der Waals surface area contributed by atoms with E-state index < -0.39 is 0 Å². The minimum Gasteiger partial charge on any atom is -0.468 e. The van der Waals surface area contributed by atoms with Crippen LogP contribution in [0.25, 0.3) is 0 Å². The molecule has 0 bridgehead atoms. The molecule has 0 heterocycles. The maximum absolute atomic E-state index is 11.5. The maximum atomic E-state index is 11.5. The number of hydrogen-bond acceptors (Lipinski definition) is 4. The Kier molecular flexibility index (Phi) is 5.22. The lowest BCUT2D eigenvalue weighted by atomic mass is 10.1. The molecule has 1 N–H and O–H groups in total. The van der Waals surface area contributed by atoms with Gasteiger partial charge in [0, 0.05) is 18.6 Å². The van der Waals surface area contributed by atoms with E-state index in [4.69, 9.17) is 4.74 Å². The lowest BCUT2D eigenvalue weighted by Gasteiger charge is -2.22. The van der Waals surface area contributed by atoms with Gasteiger partial charge in [-0.1, -0.05) is 13.8 Å². The minimum absolute atomic E-state index is 0.155. The number of carbonyl (C=O) groups is 1. The van der Waals surface area contributed by atoms with Gasteiger partial charge in [0.1, 0.15) is 6.04 Å². The van der Waals surface area contributed by atoms with Crippen molar-refractivity contribution in [2.75, 3.05) is 20.7 Å². The van der Waals surface area contributed by atoms with Gasteiger partial charge >= 0.3 is 5.97 Å². The smallest absolute Gasteiger partial charge is 0.322 e. The van der Waals surface area contributed by atoms with Crippen molar-refractivity contribution in [3.8, 4) is 0 Å². The van der Waals surface area contributed by atoms with E-state index in [1.807, 2.05) is 13.8 Å². The molecule has 0 aromatic carbocycles. The van der Waals surface area contributed by atoms with Crippen molar-refractivity contribution < 1.29 is 9.53 Å². The second kappa shape index (κ2) is 6.21. The van der Waals surface area contributed by atoms with Crippen molar-refractivity contribution in [3.05, 3.63) is 0 Å². The summed E-state index contributed by atoms with van der Waals surface area (Å²) in [6, 6.07) is 0.874. The van der Waals surface area contributed by atoms with Crippen LogP contribution >= 0.6 is 0 Å². The molecule has 1 rings (SSSR count). The van der Waals surface area contributed by atoms with Crippen LogP contribution in [0.2, 0.25) is 0 Å². The highest BCUT2D eigenvalue weighted by atomic mass is 16.5. The normalized spacial score (nSPS) is 17.9. The van der Waals surface area contributed by atoms with Crippen LogP contribution in [0.1, 0.15) is 33.1 Å². The zero-order valence-electron chi connectivity index (χ0n) is 10.8. The zero-order chi connectivity index (χ0) is 12.1. The van der Waals surface area contributed by atoms with E-state index in [9.17, 15) is 4.79 Å². The summed E-state index contributed by atoms with van der Waals surface area (Å²) >= 11 is 0. The van der Waals surface area contributed by atoms with Crippen molar-refractivity contribution in [2.24, 2.45) is 0 Å². The molecule has 0 spiro atoms. The van der Waals surface area contributed by atoms with Crippen molar-refractivity contribution in [3.63, 3.8) is 0 Å². The SMILES string of the molecule is COC(=O)C(CCN(C)C1CC1)NC(C)C. The highest BCUT2D eigenvalue weighted by Gasteiger charge is 2.27. The lowest BCUT2D eigenvalue weighted by molar-refractivity contribution is -0.143. The first kappa shape index (κ1) is 13.5. The average molecular weight is 228 g/mol. The molecule has 0 amide bonds. The molecule has 1 aliphatic rings. The predicted octanol–water partition coefficient (Wildman–Crippen LogP) is 1.01. The number of carbonyl (C=O) groups excluding carboxylic acids is 1. The van der Waals surface area contributed by atoms with E-state index in [1.165, 1.54) is 20.0 Å². The Hall–Kier alpha value is -0.610. The summed E-state index contributed by atoms with van der Waals surface area (Å²) in [4.78, 5) is 13.9. The van der Waals surface area contributed by atoms with Crippen LogP contribution in [0.15, 0.2) is 0 Å². The Morgan fingerprint density at radius 2 is 2.12 bits per heavy atom. The van der Waals surface area contributed by atoms with Gasteiger partial charge in [-0.25, -0.2) is 0 Å². The van der Waals surface area contributed by atoms with Crippen LogP contribution in [0.3, 0.4) is 0 Å². The Morgan fingerprint density at radius 3 is 2.56 bits per heavy atom. The fourth-order valence-corrected chi connectivity index (χ4v) is 1.84. The minimum atomic E-state index is -0.175. The topological polar surface area (TPSA) is 41.6 Å². The molecule has 0 radical (unpaired) electrons. The molecule has 94 valence electrons. The largest absolute Gasteiger partial charge is 0.468 e. The number of rotatable bonds is 7. The number of methoxy groups -OCH3 is 1. The van der Waals surface area contributed by atoms with E-state index in [0.717, 1.165) is 19.0 Å². The molecule has 4 nitrogen and oxygen atoms in total. The molecule has 1 aliphatic carbocycles. The van der Waals surface area contributed by atoms with E-state index in [0.29, 0.717) is 6.04 Å². The van der Waals surface area contributed by atoms with E-state index in [1.54, 1.807) is 0 Å². The first-order valence-corrected chi connectivity index (χ1v) is 6.08. The summed E-state index contributed by atoms with van der Waals surface area (Å²) in [6.07, 6.45) is 3.42. The Balaban J connectivity index is 2.33. The van der Waals surface area contributed by atoms with Crippen LogP contribution in [-0.2, 0) is 9.53 Å². The van der Waals surface area contributed by atoms with E-state index in [-0.39, 0.29) is 12.0 Å². The number of nitrogens with zero attached hydrogens (tertiary/aromatic N) is 1. The van der Waals surface area contributed by atoms with Gasteiger partial charge in [0.2, 0.25) is 0 Å². The molecule has 1 unspecified atom stereocenters. The number of nitrogens with one attached hydrogen (secondary N) is 1. The molecule has 0 saturated heterocycles. The number of hydrogen-bond donors (Lipinski definition) is 1. The Bertz CT molecular complexity index is 227. The molecule has 1 fully saturated rings. The molecule has 0 aliphatic heterocycles. The Labute approximate surface area is 98.3 Å². The zero-order valence-corrected chi connectivity index (χ0v) is 10.8. The van der Waals surface area contributed by atoms with Crippen molar-refractivity contribution >= 4 is 5.97 Å². The quantitative estimate of drug-likeness (QED) is 0.660. The van der Waals surface area contributed by atoms with Crippen LogP contribution in [-0.4, -0.2) is 49.7 Å². The van der Waals surface area contributed by atoms with Crippen LogP contribution < -0.4 is 5.32 Å². The third-order valence-electron chi connectivity index (χ3n) is 2.96. The highest BCUT2D eigenvalue weighted by molar-refractivity contribution is 5.75. The van der Waals surface area contributed by atoms with Crippen LogP contribution in [0.4, 0.5) is 0 Å². The highest BCUT2D eigenvalue weighted by Crippen LogP contribution is 2.25. The van der Waals surface area contributed by atoms with Gasteiger partial charge in [0.05, 0.1) is 7.11 Å². The van der Waals surface area contributed by atoms with Gasteiger partial charge in [0.15, 0.2) is 0 Å². The molecule has 1 saturated carbocycles. The summed E-state index contributed by atoms with van der Waals surface area (Å²) in [5.74, 6) is -0.155. The first-order chi connectivity index (χ1) is 7.54. The molecule has 0 aromatic heterocycles. The second-order valence-corrected chi connectivity index (χ2v) is 4.90. The third kappa shape index (κ3) is 4.49. The van der Waals surface area contributed by atoms with E-state index >= 15 is 0 Å². The standard InChI is InChI=1S/C12H24N2O2/c1-9(2)13-11(12(15)16-4)7-8-14(3)10-5-6-10/h9-11,13H,5-8H2,1-4H3. The van der Waals surface area contributed by atoms with Gasteiger partial charge in [-0.3, -0.25) is 4.79 Å². The average Bonchev–Trinajstić information content (AvgIpc) is 3.05. The number of ether oxygens (including phenoxy) is 1. The maximum Gasteiger partial charge on any atom is 0.322 e. The van der Waals surface area contributed by atoms with Crippen LogP contribution in [0, 0.1) is 0 Å². The summed E-state index contributed by atoms with van der Waals surface area (Å²) in [5.41, 5.74) is 0. The summed E-state index contributed by atoms with van der Waals surface area (Å²) in [5, 5.41) is 3.24. The van der Waals surface area contributed by atoms with Gasteiger partial charge in [-0.15, -0.1) is 0 Å². The summed E-state index contributed by atoms with van der Waals surface area (Å²) in [6.45, 7) is 5.03.